The normalized spacial score (nSPS) is 14.4. The van der Waals surface area contributed by atoms with Crippen LogP contribution in [-0.4, -0.2) is 109 Å². The quantitative estimate of drug-likeness (QED) is 0.203. The zero-order valence-corrected chi connectivity index (χ0v) is 19.9. The molecule has 0 radical (unpaired) electrons. The van der Waals surface area contributed by atoms with Crippen LogP contribution in [0.25, 0.3) is 0 Å². The molecule has 0 bridgehead atoms. The minimum atomic E-state index is -0.635. The lowest BCUT2D eigenvalue weighted by Crippen LogP contribution is -2.50. The Morgan fingerprint density at radius 2 is 1.45 bits per heavy atom. The molecule has 1 atom stereocenters. The van der Waals surface area contributed by atoms with Gasteiger partial charge in [-0.05, 0) is 33.0 Å². The maximum absolute atomic E-state index is 12.2. The summed E-state index contributed by atoms with van der Waals surface area (Å²) >= 11 is 0. The van der Waals surface area contributed by atoms with Gasteiger partial charge in [-0.1, -0.05) is 6.58 Å². The topological polar surface area (TPSA) is 120 Å². The maximum atomic E-state index is 12.2. The van der Waals surface area contributed by atoms with Gasteiger partial charge in [-0.25, -0.2) is 4.79 Å². The van der Waals surface area contributed by atoms with E-state index < -0.39 is 6.04 Å². The average Bonchev–Trinajstić information content (AvgIpc) is 2.80. The van der Waals surface area contributed by atoms with Crippen LogP contribution in [-0.2, 0) is 28.5 Å². The van der Waals surface area contributed by atoms with Gasteiger partial charge in [-0.15, -0.1) is 0 Å². The number of hydrogen-bond donors (Lipinski definition) is 3. The fraction of sp³-hybridized carbons (Fsp3) is 0.727. The number of ether oxygens (including phenoxy) is 5. The Kier molecular flexibility index (Phi) is 17.1. The summed E-state index contributed by atoms with van der Waals surface area (Å²) in [5.74, 6) is -0.264. The molecule has 1 heterocycles. The average molecular weight is 473 g/mol. The molecular weight excluding hydrogens is 432 g/mol. The first-order chi connectivity index (χ1) is 16.1. The number of carbonyl (C=O) groups excluding carboxylic acids is 2. The van der Waals surface area contributed by atoms with Crippen molar-refractivity contribution in [2.24, 2.45) is 0 Å². The first kappa shape index (κ1) is 29.0. The van der Waals surface area contributed by atoms with E-state index >= 15 is 0 Å². The molecular formula is C22H40N4O7. The Balaban J connectivity index is 1.83. The van der Waals surface area contributed by atoms with E-state index in [1.807, 2.05) is 7.05 Å². The lowest BCUT2D eigenvalue weighted by atomic mass is 10.2. The third-order valence-electron chi connectivity index (χ3n) is 4.48. The van der Waals surface area contributed by atoms with Crippen molar-refractivity contribution in [2.75, 3.05) is 86.2 Å². The fourth-order valence-electron chi connectivity index (χ4n) is 2.64. The SMILES string of the molecule is C=C1C=CN(C(C)C(=O)NCCOCCOCCOCCOCCOCCCNC)C(=O)N1. The number of allylic oxidation sites excluding steroid dienone is 1. The van der Waals surface area contributed by atoms with Crippen LogP contribution in [0.4, 0.5) is 4.79 Å². The molecule has 1 aliphatic heterocycles. The lowest BCUT2D eigenvalue weighted by molar-refractivity contribution is -0.124. The fourth-order valence-corrected chi connectivity index (χ4v) is 2.64. The zero-order valence-electron chi connectivity index (χ0n) is 19.9. The molecule has 0 saturated carbocycles. The van der Waals surface area contributed by atoms with Crippen molar-refractivity contribution in [3.63, 3.8) is 0 Å². The summed E-state index contributed by atoms with van der Waals surface area (Å²) in [5.41, 5.74) is 0.493. The molecule has 0 fully saturated rings. The molecule has 3 amide bonds. The van der Waals surface area contributed by atoms with Crippen molar-refractivity contribution in [1.82, 2.24) is 20.9 Å². The van der Waals surface area contributed by atoms with E-state index in [9.17, 15) is 9.59 Å². The summed E-state index contributed by atoms with van der Waals surface area (Å²) in [6, 6.07) is -1.01. The zero-order chi connectivity index (χ0) is 24.2. The third-order valence-corrected chi connectivity index (χ3v) is 4.48. The monoisotopic (exact) mass is 472 g/mol. The van der Waals surface area contributed by atoms with Gasteiger partial charge in [-0.2, -0.15) is 0 Å². The third kappa shape index (κ3) is 14.7. The van der Waals surface area contributed by atoms with Crippen molar-refractivity contribution < 1.29 is 33.3 Å². The van der Waals surface area contributed by atoms with Crippen LogP contribution < -0.4 is 16.0 Å². The van der Waals surface area contributed by atoms with E-state index in [0.29, 0.717) is 71.7 Å². The number of hydrogen-bond acceptors (Lipinski definition) is 8. The highest BCUT2D eigenvalue weighted by molar-refractivity contribution is 5.88. The van der Waals surface area contributed by atoms with Crippen LogP contribution in [0.15, 0.2) is 24.6 Å². The molecule has 1 rings (SSSR count). The van der Waals surface area contributed by atoms with Crippen LogP contribution >= 0.6 is 0 Å². The van der Waals surface area contributed by atoms with E-state index in [0.717, 1.165) is 19.6 Å². The summed E-state index contributed by atoms with van der Waals surface area (Å²) in [7, 11) is 1.92. The lowest BCUT2D eigenvalue weighted by Gasteiger charge is -2.28. The second-order valence-electron chi connectivity index (χ2n) is 7.16. The molecule has 0 aliphatic carbocycles. The summed E-state index contributed by atoms with van der Waals surface area (Å²) < 4.78 is 27.1. The predicted octanol–water partition coefficient (Wildman–Crippen LogP) is 0.236. The van der Waals surface area contributed by atoms with Gasteiger partial charge in [0.1, 0.15) is 6.04 Å². The Labute approximate surface area is 196 Å². The summed E-state index contributed by atoms with van der Waals surface area (Å²) in [4.78, 5) is 25.3. The number of carbonyl (C=O) groups is 2. The van der Waals surface area contributed by atoms with Crippen LogP contribution in [0.1, 0.15) is 13.3 Å². The highest BCUT2D eigenvalue weighted by atomic mass is 16.6. The molecule has 190 valence electrons. The van der Waals surface area contributed by atoms with Gasteiger partial charge in [0.25, 0.3) is 0 Å². The molecule has 3 N–H and O–H groups in total. The number of nitrogens with one attached hydrogen (secondary N) is 3. The van der Waals surface area contributed by atoms with Crippen LogP contribution in [0.3, 0.4) is 0 Å². The van der Waals surface area contributed by atoms with Crippen molar-refractivity contribution >= 4 is 11.9 Å². The molecule has 0 aromatic heterocycles. The van der Waals surface area contributed by atoms with Gasteiger partial charge in [0, 0.05) is 25.0 Å². The van der Waals surface area contributed by atoms with Gasteiger partial charge >= 0.3 is 6.03 Å². The van der Waals surface area contributed by atoms with Crippen molar-refractivity contribution in [1.29, 1.82) is 0 Å². The van der Waals surface area contributed by atoms with Gasteiger partial charge in [0.2, 0.25) is 5.91 Å². The molecule has 0 spiro atoms. The van der Waals surface area contributed by atoms with Gasteiger partial charge in [0.15, 0.2) is 0 Å². The molecule has 33 heavy (non-hydrogen) atoms. The summed E-state index contributed by atoms with van der Waals surface area (Å²) in [6.45, 7) is 11.7. The van der Waals surface area contributed by atoms with E-state index in [1.54, 1.807) is 19.2 Å². The van der Waals surface area contributed by atoms with Gasteiger partial charge < -0.3 is 39.6 Å². The van der Waals surface area contributed by atoms with Crippen molar-refractivity contribution in [3.05, 3.63) is 24.6 Å². The molecule has 0 saturated heterocycles. The van der Waals surface area contributed by atoms with E-state index in [1.165, 1.54) is 4.90 Å². The van der Waals surface area contributed by atoms with Gasteiger partial charge in [0.05, 0.1) is 59.5 Å². The largest absolute Gasteiger partial charge is 0.379 e. The van der Waals surface area contributed by atoms with E-state index in [-0.39, 0.29) is 11.9 Å². The van der Waals surface area contributed by atoms with E-state index in [2.05, 4.69) is 22.5 Å². The molecule has 1 aliphatic rings. The molecule has 0 aromatic carbocycles. The van der Waals surface area contributed by atoms with Crippen molar-refractivity contribution in [2.45, 2.75) is 19.4 Å². The van der Waals surface area contributed by atoms with E-state index in [4.69, 9.17) is 23.7 Å². The molecule has 1 unspecified atom stereocenters. The summed E-state index contributed by atoms with van der Waals surface area (Å²) in [5, 5.41) is 8.37. The van der Waals surface area contributed by atoms with Crippen LogP contribution in [0.2, 0.25) is 0 Å². The summed E-state index contributed by atoms with van der Waals surface area (Å²) in [6.07, 6.45) is 4.17. The highest BCUT2D eigenvalue weighted by Gasteiger charge is 2.26. The first-order valence-corrected chi connectivity index (χ1v) is 11.3. The standard InChI is InChI=1S/C22H40N4O7/c1-19-5-8-26(22(28)25-19)20(2)21(27)24-7-10-30-12-14-32-16-18-33-17-15-31-13-11-29-9-4-6-23-3/h5,8,20,23H,1,4,6-7,9-18H2,2-3H3,(H,24,27)(H,25,28). The minimum Gasteiger partial charge on any atom is -0.379 e. The molecule has 0 aromatic rings. The molecule has 11 heteroatoms. The first-order valence-electron chi connectivity index (χ1n) is 11.3. The second-order valence-corrected chi connectivity index (χ2v) is 7.16. The Morgan fingerprint density at radius 1 is 0.939 bits per heavy atom. The number of rotatable bonds is 21. The number of amides is 3. The Bertz CT molecular complexity index is 589. The maximum Gasteiger partial charge on any atom is 0.326 e. The number of nitrogens with zero attached hydrogens (tertiary/aromatic N) is 1. The van der Waals surface area contributed by atoms with Gasteiger partial charge in [-0.3, -0.25) is 9.69 Å². The number of urea groups is 1. The Morgan fingerprint density at radius 3 is 1.97 bits per heavy atom. The second kappa shape index (κ2) is 19.4. The van der Waals surface area contributed by atoms with Crippen LogP contribution in [0, 0.1) is 0 Å². The Hall–Kier alpha value is -2.02. The highest BCUT2D eigenvalue weighted by Crippen LogP contribution is 2.08. The van der Waals surface area contributed by atoms with Crippen molar-refractivity contribution in [3.8, 4) is 0 Å². The minimum absolute atomic E-state index is 0.264. The molecule has 11 nitrogen and oxygen atoms in total. The van der Waals surface area contributed by atoms with Crippen LogP contribution in [0.5, 0.6) is 0 Å². The smallest absolute Gasteiger partial charge is 0.326 e. The predicted molar refractivity (Wildman–Crippen MR) is 124 cm³/mol.